The third kappa shape index (κ3) is 1.77. The van der Waals surface area contributed by atoms with E-state index in [2.05, 4.69) is 77.4 Å². The molecular formula is C12H28IP. The van der Waals surface area contributed by atoms with E-state index in [1.54, 1.807) is 0 Å². The summed E-state index contributed by atoms with van der Waals surface area (Å²) in [5.74, 6) is 0. The van der Waals surface area contributed by atoms with Crippen molar-refractivity contribution in [2.24, 2.45) is 0 Å². The first kappa shape index (κ1) is 15.2. The molecule has 14 heavy (non-hydrogen) atoms. The van der Waals surface area contributed by atoms with Gasteiger partial charge in [-0.25, -0.2) is 0 Å². The Labute approximate surface area is 104 Å². The molecule has 0 aliphatic carbocycles. The summed E-state index contributed by atoms with van der Waals surface area (Å²) in [5, 5.41) is 0. The fraction of sp³-hybridized carbons (Fsp3) is 1.00. The molecule has 0 heterocycles. The van der Waals surface area contributed by atoms with Gasteiger partial charge in [0.2, 0.25) is 0 Å². The zero-order chi connectivity index (χ0) is 11.8. The summed E-state index contributed by atoms with van der Waals surface area (Å²) in [6, 6.07) is 0. The molecule has 0 radical (unpaired) electrons. The average molecular weight is 330 g/mol. The molecule has 0 fully saturated rings. The van der Waals surface area contributed by atoms with Crippen LogP contribution < -0.4 is 0 Å². The Morgan fingerprint density at radius 2 is 0.714 bits per heavy atom. The van der Waals surface area contributed by atoms with Gasteiger partial charge in [0.25, 0.3) is 0 Å². The Kier molecular flexibility index (Phi) is 4.95. The van der Waals surface area contributed by atoms with Gasteiger partial charge in [0.1, 0.15) is 0 Å². The van der Waals surface area contributed by atoms with Crippen LogP contribution in [0.1, 0.15) is 55.4 Å². The van der Waals surface area contributed by atoms with E-state index in [1.807, 2.05) is 0 Å². The van der Waals surface area contributed by atoms with E-state index in [0.717, 1.165) is 22.6 Å². The van der Waals surface area contributed by atoms with Crippen molar-refractivity contribution in [1.82, 2.24) is 0 Å². The predicted molar refractivity (Wildman–Crippen MR) is 81.5 cm³/mol. The van der Waals surface area contributed by atoms with Crippen molar-refractivity contribution < 1.29 is 0 Å². The standard InChI is InChI=1S/C12H28IP/c1-9(2)14(13,10(3)4,11(5)6)12(7)8/h9-12H,1-8H3. The molecule has 0 spiro atoms. The molecule has 0 saturated carbocycles. The Morgan fingerprint density at radius 3 is 0.714 bits per heavy atom. The molecular weight excluding hydrogens is 302 g/mol. The zero-order valence-corrected chi connectivity index (χ0v) is 14.2. The molecule has 0 unspecified atom stereocenters. The fourth-order valence-corrected chi connectivity index (χ4v) is 10.7. The molecule has 0 saturated heterocycles. The Balaban J connectivity index is 5.62. The van der Waals surface area contributed by atoms with E-state index in [4.69, 9.17) is 0 Å². The number of rotatable bonds is 4. The van der Waals surface area contributed by atoms with E-state index < -0.39 is 4.25 Å². The molecule has 0 N–H and O–H groups in total. The molecule has 0 aliphatic rings. The van der Waals surface area contributed by atoms with E-state index in [9.17, 15) is 0 Å². The monoisotopic (exact) mass is 330 g/mol. The molecule has 88 valence electrons. The Hall–Kier alpha value is 1.16. The van der Waals surface area contributed by atoms with Crippen LogP contribution in [0, 0.1) is 0 Å². The predicted octanol–water partition coefficient (Wildman–Crippen LogP) is 5.52. The summed E-state index contributed by atoms with van der Waals surface area (Å²) in [6.07, 6.45) is 0. The van der Waals surface area contributed by atoms with Crippen molar-refractivity contribution in [3.05, 3.63) is 0 Å². The SMILES string of the molecule is CC(C)P(I)(C(C)C)(C(C)C)C(C)C. The van der Waals surface area contributed by atoms with E-state index in [1.165, 1.54) is 0 Å². The van der Waals surface area contributed by atoms with Gasteiger partial charge in [-0.2, -0.15) is 0 Å². The molecule has 0 aromatic heterocycles. The molecule has 0 aromatic rings. The van der Waals surface area contributed by atoms with Crippen LogP contribution in [0.3, 0.4) is 0 Å². The van der Waals surface area contributed by atoms with E-state index in [-0.39, 0.29) is 0 Å². The molecule has 0 atom stereocenters. The minimum atomic E-state index is -1.62. The van der Waals surface area contributed by atoms with Crippen LogP contribution in [0.5, 0.6) is 0 Å². The maximum absolute atomic E-state index is 2.90. The van der Waals surface area contributed by atoms with Gasteiger partial charge in [-0.15, -0.1) is 0 Å². The van der Waals surface area contributed by atoms with Crippen LogP contribution in [0.25, 0.3) is 0 Å². The molecule has 0 rings (SSSR count). The third-order valence-corrected chi connectivity index (χ3v) is 26.4. The minimum absolute atomic E-state index is 0.835. The normalized spacial score (nSPS) is 16.8. The van der Waals surface area contributed by atoms with Gasteiger partial charge >= 0.3 is 104 Å². The van der Waals surface area contributed by atoms with Gasteiger partial charge in [0.15, 0.2) is 0 Å². The third-order valence-electron chi connectivity index (χ3n) is 4.36. The van der Waals surface area contributed by atoms with Crippen LogP contribution in [-0.2, 0) is 0 Å². The van der Waals surface area contributed by atoms with Crippen LogP contribution in [-0.4, -0.2) is 22.6 Å². The molecule has 0 aliphatic heterocycles. The van der Waals surface area contributed by atoms with Gasteiger partial charge < -0.3 is 0 Å². The first-order chi connectivity index (χ1) is 6.10. The van der Waals surface area contributed by atoms with Gasteiger partial charge in [0.05, 0.1) is 0 Å². The van der Waals surface area contributed by atoms with Crippen LogP contribution in [0.2, 0.25) is 0 Å². The quantitative estimate of drug-likeness (QED) is 0.470. The Bertz CT molecular complexity index is 151. The van der Waals surface area contributed by atoms with Gasteiger partial charge in [-0.1, -0.05) is 0 Å². The fourth-order valence-electron chi connectivity index (χ4n) is 3.58. The Morgan fingerprint density at radius 1 is 0.571 bits per heavy atom. The summed E-state index contributed by atoms with van der Waals surface area (Å²) in [5.41, 5.74) is 3.34. The van der Waals surface area contributed by atoms with Crippen molar-refractivity contribution >= 4 is 26.3 Å². The van der Waals surface area contributed by atoms with E-state index >= 15 is 0 Å². The summed E-state index contributed by atoms with van der Waals surface area (Å²) in [4.78, 5) is 0. The first-order valence-electron chi connectivity index (χ1n) is 5.82. The van der Waals surface area contributed by atoms with Gasteiger partial charge in [0, 0.05) is 0 Å². The van der Waals surface area contributed by atoms with Crippen molar-refractivity contribution in [3.63, 3.8) is 0 Å². The second-order valence-corrected chi connectivity index (χ2v) is 19.0. The molecule has 2 heteroatoms. The second-order valence-electron chi connectivity index (χ2n) is 5.66. The average Bonchev–Trinajstić information content (AvgIpc) is 2.00. The van der Waals surface area contributed by atoms with Crippen molar-refractivity contribution in [1.29, 1.82) is 0 Å². The topological polar surface area (TPSA) is 0 Å². The second kappa shape index (κ2) is 4.57. The maximum atomic E-state index is 2.90. The van der Waals surface area contributed by atoms with Crippen molar-refractivity contribution in [3.8, 4) is 0 Å². The van der Waals surface area contributed by atoms with Crippen molar-refractivity contribution in [2.45, 2.75) is 78.0 Å². The number of hydrogen-bond acceptors (Lipinski definition) is 0. The van der Waals surface area contributed by atoms with Crippen LogP contribution >= 0.6 is 26.3 Å². The summed E-state index contributed by atoms with van der Waals surface area (Å²) in [6.45, 7) is 19.5. The first-order valence-corrected chi connectivity index (χ1v) is 11.1. The van der Waals surface area contributed by atoms with Gasteiger partial charge in [-0.05, 0) is 0 Å². The number of halogens is 1. The van der Waals surface area contributed by atoms with Crippen molar-refractivity contribution in [2.75, 3.05) is 0 Å². The van der Waals surface area contributed by atoms with E-state index in [0.29, 0.717) is 0 Å². The molecule has 0 amide bonds. The van der Waals surface area contributed by atoms with Crippen LogP contribution in [0.4, 0.5) is 0 Å². The summed E-state index contributed by atoms with van der Waals surface area (Å²) < 4.78 is -1.62. The van der Waals surface area contributed by atoms with Crippen LogP contribution in [0.15, 0.2) is 0 Å². The molecule has 0 bridgehead atoms. The zero-order valence-electron chi connectivity index (χ0n) is 11.1. The molecule has 0 nitrogen and oxygen atoms in total. The van der Waals surface area contributed by atoms with Gasteiger partial charge in [-0.3, -0.25) is 0 Å². The number of hydrogen-bond donors (Lipinski definition) is 0. The summed E-state index contributed by atoms with van der Waals surface area (Å²) in [7, 11) is 0. The molecule has 0 aromatic carbocycles. The summed E-state index contributed by atoms with van der Waals surface area (Å²) >= 11 is 2.90.